The van der Waals surface area contributed by atoms with E-state index in [0.29, 0.717) is 44.7 Å². The summed E-state index contributed by atoms with van der Waals surface area (Å²) in [6.07, 6.45) is 6.63. The Morgan fingerprint density at radius 3 is 2.77 bits per heavy atom. The van der Waals surface area contributed by atoms with Crippen LogP contribution in [0.25, 0.3) is 0 Å². The molecule has 9 heteroatoms. The number of urea groups is 1. The van der Waals surface area contributed by atoms with Gasteiger partial charge in [-0.2, -0.15) is 0 Å². The lowest BCUT2D eigenvalue weighted by Gasteiger charge is -2.30. The SMILES string of the molecule is O=C(NCCCN1C(=O)NC2(CCCCC2)C1=O)[C@H]1CC(=O)N(Cc2ccco2)C1. The lowest BCUT2D eigenvalue weighted by molar-refractivity contribution is -0.132. The van der Waals surface area contributed by atoms with Gasteiger partial charge in [-0.3, -0.25) is 19.3 Å². The average molecular weight is 416 g/mol. The third-order valence-corrected chi connectivity index (χ3v) is 6.32. The standard InChI is InChI=1S/C21H28N4O5/c26-17-12-15(13-24(17)14-16-6-4-11-30-16)18(27)22-9-5-10-25-19(28)21(23-20(25)29)7-2-1-3-8-21/h4,6,11,15H,1-3,5,7-10,12-14H2,(H,22,27)(H,23,29)/t15-/m0/s1. The molecule has 1 aromatic rings. The minimum Gasteiger partial charge on any atom is -0.467 e. The molecule has 0 bridgehead atoms. The van der Waals surface area contributed by atoms with Crippen molar-refractivity contribution < 1.29 is 23.6 Å². The molecule has 3 heterocycles. The first-order chi connectivity index (χ1) is 14.5. The van der Waals surface area contributed by atoms with Gasteiger partial charge in [-0.1, -0.05) is 19.3 Å². The topological polar surface area (TPSA) is 112 Å². The van der Waals surface area contributed by atoms with Gasteiger partial charge in [0.2, 0.25) is 11.8 Å². The van der Waals surface area contributed by atoms with Crippen LogP contribution in [0.15, 0.2) is 22.8 Å². The number of hydrogen-bond donors (Lipinski definition) is 2. The summed E-state index contributed by atoms with van der Waals surface area (Å²) in [7, 11) is 0. The number of carbonyl (C=O) groups excluding carboxylic acids is 4. The predicted octanol–water partition coefficient (Wildman–Crippen LogP) is 1.39. The first-order valence-corrected chi connectivity index (χ1v) is 10.7. The summed E-state index contributed by atoms with van der Waals surface area (Å²) in [6, 6.07) is 3.23. The molecule has 9 nitrogen and oxygen atoms in total. The molecule has 4 rings (SSSR count). The van der Waals surface area contributed by atoms with E-state index in [1.807, 2.05) is 0 Å². The van der Waals surface area contributed by atoms with E-state index < -0.39 is 11.5 Å². The lowest BCUT2D eigenvalue weighted by Crippen LogP contribution is -2.48. The monoisotopic (exact) mass is 416 g/mol. The molecular weight excluding hydrogens is 388 g/mol. The van der Waals surface area contributed by atoms with Gasteiger partial charge in [0.1, 0.15) is 11.3 Å². The van der Waals surface area contributed by atoms with E-state index in [1.165, 1.54) is 4.90 Å². The molecule has 1 aliphatic carbocycles. The highest BCUT2D eigenvalue weighted by Crippen LogP contribution is 2.33. The second-order valence-electron chi connectivity index (χ2n) is 8.43. The fraction of sp³-hybridized carbons (Fsp3) is 0.619. The molecule has 2 aliphatic heterocycles. The van der Waals surface area contributed by atoms with Crippen LogP contribution in [0.4, 0.5) is 4.79 Å². The number of amides is 5. The highest BCUT2D eigenvalue weighted by molar-refractivity contribution is 6.07. The number of nitrogens with zero attached hydrogens (tertiary/aromatic N) is 2. The van der Waals surface area contributed by atoms with Gasteiger partial charge < -0.3 is 20.0 Å². The lowest BCUT2D eigenvalue weighted by atomic mass is 9.82. The molecule has 0 radical (unpaired) electrons. The highest BCUT2D eigenvalue weighted by Gasteiger charge is 2.50. The van der Waals surface area contributed by atoms with Crippen molar-refractivity contribution in [3.05, 3.63) is 24.2 Å². The van der Waals surface area contributed by atoms with Gasteiger partial charge in [-0.15, -0.1) is 0 Å². The van der Waals surface area contributed by atoms with Crippen molar-refractivity contribution in [2.75, 3.05) is 19.6 Å². The van der Waals surface area contributed by atoms with E-state index >= 15 is 0 Å². The summed E-state index contributed by atoms with van der Waals surface area (Å²) in [5, 5.41) is 5.73. The van der Waals surface area contributed by atoms with Crippen molar-refractivity contribution in [2.24, 2.45) is 5.92 Å². The molecule has 1 atom stereocenters. The Labute approximate surface area is 175 Å². The summed E-state index contributed by atoms with van der Waals surface area (Å²) in [4.78, 5) is 52.5. The van der Waals surface area contributed by atoms with Crippen molar-refractivity contribution in [3.8, 4) is 0 Å². The van der Waals surface area contributed by atoms with E-state index in [-0.39, 0.29) is 36.7 Å². The predicted molar refractivity (Wildman–Crippen MR) is 106 cm³/mol. The van der Waals surface area contributed by atoms with Gasteiger partial charge in [-0.05, 0) is 31.4 Å². The fourth-order valence-corrected chi connectivity index (χ4v) is 4.66. The normalized spacial score (nSPS) is 23.3. The molecule has 2 N–H and O–H groups in total. The van der Waals surface area contributed by atoms with E-state index in [1.54, 1.807) is 23.3 Å². The van der Waals surface area contributed by atoms with Crippen molar-refractivity contribution in [1.82, 2.24) is 20.4 Å². The number of likely N-dealkylation sites (tertiary alicyclic amines) is 1. The molecule has 3 aliphatic rings. The number of rotatable bonds is 7. The van der Waals surface area contributed by atoms with Crippen molar-refractivity contribution >= 4 is 23.8 Å². The van der Waals surface area contributed by atoms with Gasteiger partial charge in [-0.25, -0.2) is 4.79 Å². The second-order valence-corrected chi connectivity index (χ2v) is 8.43. The van der Waals surface area contributed by atoms with Crippen LogP contribution in [-0.4, -0.2) is 58.7 Å². The maximum absolute atomic E-state index is 12.7. The van der Waals surface area contributed by atoms with Crippen molar-refractivity contribution in [2.45, 2.75) is 57.0 Å². The van der Waals surface area contributed by atoms with Crippen molar-refractivity contribution in [3.63, 3.8) is 0 Å². The molecule has 5 amide bonds. The minimum atomic E-state index is -0.708. The minimum absolute atomic E-state index is 0.0661. The molecule has 0 unspecified atom stereocenters. The molecule has 1 aromatic heterocycles. The zero-order chi connectivity index (χ0) is 21.1. The Hall–Kier alpha value is -2.84. The van der Waals surface area contributed by atoms with Crippen LogP contribution in [0.1, 0.15) is 50.7 Å². The number of furan rings is 1. The van der Waals surface area contributed by atoms with Crippen LogP contribution in [0.5, 0.6) is 0 Å². The Balaban J connectivity index is 1.20. The van der Waals surface area contributed by atoms with Gasteiger partial charge in [0, 0.05) is 26.1 Å². The summed E-state index contributed by atoms with van der Waals surface area (Å²) < 4.78 is 5.27. The molecule has 0 aromatic carbocycles. The Morgan fingerprint density at radius 2 is 2.03 bits per heavy atom. The van der Waals surface area contributed by atoms with E-state index in [0.717, 1.165) is 19.3 Å². The van der Waals surface area contributed by atoms with Crippen LogP contribution >= 0.6 is 0 Å². The third-order valence-electron chi connectivity index (χ3n) is 6.32. The first kappa shape index (κ1) is 20.4. The van der Waals surface area contributed by atoms with Gasteiger partial charge in [0.25, 0.3) is 5.91 Å². The number of imide groups is 1. The number of hydrogen-bond acceptors (Lipinski definition) is 5. The quantitative estimate of drug-likeness (QED) is 0.515. The van der Waals surface area contributed by atoms with Gasteiger partial charge in [0.05, 0.1) is 18.7 Å². The Bertz CT molecular complexity index is 815. The molecule has 162 valence electrons. The zero-order valence-corrected chi connectivity index (χ0v) is 17.0. The Kier molecular flexibility index (Phi) is 5.78. The van der Waals surface area contributed by atoms with E-state index in [4.69, 9.17) is 4.42 Å². The molecule has 1 spiro atoms. The molecule has 1 saturated carbocycles. The van der Waals surface area contributed by atoms with Crippen LogP contribution in [0.3, 0.4) is 0 Å². The molecular formula is C21H28N4O5. The molecule has 3 fully saturated rings. The van der Waals surface area contributed by atoms with E-state index in [2.05, 4.69) is 10.6 Å². The average Bonchev–Trinajstić information content (AvgIpc) is 3.42. The zero-order valence-electron chi connectivity index (χ0n) is 17.0. The molecule has 30 heavy (non-hydrogen) atoms. The summed E-state index contributed by atoms with van der Waals surface area (Å²) in [5.74, 6) is -0.0771. The fourth-order valence-electron chi connectivity index (χ4n) is 4.66. The second kappa shape index (κ2) is 8.49. The number of nitrogens with one attached hydrogen (secondary N) is 2. The molecule has 2 saturated heterocycles. The Morgan fingerprint density at radius 1 is 1.23 bits per heavy atom. The smallest absolute Gasteiger partial charge is 0.325 e. The van der Waals surface area contributed by atoms with E-state index in [9.17, 15) is 19.2 Å². The third kappa shape index (κ3) is 4.06. The van der Waals surface area contributed by atoms with Crippen molar-refractivity contribution in [1.29, 1.82) is 0 Å². The summed E-state index contributed by atoms with van der Waals surface area (Å²) in [5.41, 5.74) is -0.708. The highest BCUT2D eigenvalue weighted by atomic mass is 16.3. The van der Waals surface area contributed by atoms with Crippen LogP contribution in [0, 0.1) is 5.92 Å². The first-order valence-electron chi connectivity index (χ1n) is 10.7. The van der Waals surface area contributed by atoms with Crippen LogP contribution in [0.2, 0.25) is 0 Å². The van der Waals surface area contributed by atoms with Gasteiger partial charge in [0.15, 0.2) is 0 Å². The van der Waals surface area contributed by atoms with Crippen LogP contribution < -0.4 is 10.6 Å². The maximum Gasteiger partial charge on any atom is 0.325 e. The largest absolute Gasteiger partial charge is 0.467 e. The maximum atomic E-state index is 12.7. The van der Waals surface area contributed by atoms with Gasteiger partial charge >= 0.3 is 6.03 Å². The number of carbonyl (C=O) groups is 4. The van der Waals surface area contributed by atoms with Crippen LogP contribution in [-0.2, 0) is 20.9 Å². The summed E-state index contributed by atoms with van der Waals surface area (Å²) >= 11 is 0. The summed E-state index contributed by atoms with van der Waals surface area (Å²) in [6.45, 7) is 1.36.